The van der Waals surface area contributed by atoms with Crippen molar-refractivity contribution in [2.75, 3.05) is 26.3 Å². The minimum atomic E-state index is -1.11. The van der Waals surface area contributed by atoms with Crippen molar-refractivity contribution in [1.82, 2.24) is 5.32 Å². The summed E-state index contributed by atoms with van der Waals surface area (Å²) in [4.78, 5) is 38.1. The molecule has 2 N–H and O–H groups in total. The van der Waals surface area contributed by atoms with Crippen LogP contribution < -0.4 is 5.32 Å². The number of hydrogen-bond donors (Lipinski definition) is 2. The van der Waals surface area contributed by atoms with Crippen LogP contribution in [0.1, 0.15) is 51.4 Å². The Hall–Kier alpha value is -2.14. The molecule has 1 rings (SSSR count). The average Bonchev–Trinajstić information content (AvgIpc) is 2.76. The standard InChI is InChI=1S/C24H37NO8S/c1-7-31-23(29)20(19(26)13-16(2)32-15-30-6)34-14-18(22(28)33-24(3,4)5)25-21(27)17-11-9-8-10-12-17/h8-12,16,18-20,26H,7,13-15H2,1-6H3,(H,25,27)/t16-,18+,19-,20?/m0/s1. The monoisotopic (exact) mass is 499 g/mol. The molecular formula is C24H37NO8S. The summed E-state index contributed by atoms with van der Waals surface area (Å²) in [5, 5.41) is 12.4. The third-order valence-corrected chi connectivity index (χ3v) is 5.78. The fourth-order valence-electron chi connectivity index (χ4n) is 2.85. The van der Waals surface area contributed by atoms with Crippen molar-refractivity contribution < 1.29 is 38.4 Å². The molecule has 0 aliphatic heterocycles. The van der Waals surface area contributed by atoms with E-state index < -0.39 is 40.8 Å². The lowest BCUT2D eigenvalue weighted by Gasteiger charge is -2.27. The predicted octanol–water partition coefficient (Wildman–Crippen LogP) is 2.55. The SMILES string of the molecule is CCOC(=O)C(SC[C@@H](NC(=O)c1ccccc1)C(=O)OC(C)(C)C)[C@@H](O)C[C@H](C)OCOC. The number of rotatable bonds is 14. The highest BCUT2D eigenvalue weighted by Crippen LogP contribution is 2.23. The molecule has 0 fully saturated rings. The molecule has 4 atom stereocenters. The molecule has 1 aromatic rings. The Morgan fingerprint density at radius 1 is 1.12 bits per heavy atom. The molecule has 0 aliphatic rings. The zero-order valence-electron chi connectivity index (χ0n) is 20.7. The van der Waals surface area contributed by atoms with E-state index in [-0.39, 0.29) is 31.7 Å². The second kappa shape index (κ2) is 15.0. The van der Waals surface area contributed by atoms with Crippen molar-refractivity contribution in [2.45, 2.75) is 70.1 Å². The van der Waals surface area contributed by atoms with E-state index >= 15 is 0 Å². The number of amides is 1. The Morgan fingerprint density at radius 2 is 1.76 bits per heavy atom. The van der Waals surface area contributed by atoms with Crippen LogP contribution in [0.25, 0.3) is 0 Å². The molecule has 0 aliphatic carbocycles. The number of hydrogen-bond acceptors (Lipinski definition) is 9. The molecule has 9 nitrogen and oxygen atoms in total. The number of aliphatic hydroxyl groups is 1. The molecule has 0 saturated heterocycles. The minimum absolute atomic E-state index is 0.0126. The number of nitrogens with one attached hydrogen (secondary N) is 1. The van der Waals surface area contributed by atoms with Gasteiger partial charge in [0, 0.05) is 24.8 Å². The number of ether oxygens (including phenoxy) is 4. The lowest BCUT2D eigenvalue weighted by atomic mass is 10.1. The molecule has 0 radical (unpaired) electrons. The maximum Gasteiger partial charge on any atom is 0.330 e. The van der Waals surface area contributed by atoms with Gasteiger partial charge in [0.05, 0.1) is 18.8 Å². The first-order chi connectivity index (χ1) is 16.0. The zero-order chi connectivity index (χ0) is 25.7. The van der Waals surface area contributed by atoms with E-state index in [1.807, 2.05) is 0 Å². The first kappa shape index (κ1) is 29.9. The van der Waals surface area contributed by atoms with Crippen LogP contribution in [0.5, 0.6) is 0 Å². The molecule has 10 heteroatoms. The van der Waals surface area contributed by atoms with E-state index in [0.717, 1.165) is 11.8 Å². The molecule has 0 heterocycles. The van der Waals surface area contributed by atoms with Crippen LogP contribution >= 0.6 is 11.8 Å². The number of thioether (sulfide) groups is 1. The Morgan fingerprint density at radius 3 is 2.32 bits per heavy atom. The van der Waals surface area contributed by atoms with E-state index in [0.29, 0.717) is 5.56 Å². The quantitative estimate of drug-likeness (QED) is 0.294. The molecular weight excluding hydrogens is 462 g/mol. The summed E-state index contributed by atoms with van der Waals surface area (Å²) in [6.45, 7) is 8.77. The van der Waals surface area contributed by atoms with Crippen LogP contribution in [0.15, 0.2) is 30.3 Å². The third-order valence-electron chi connectivity index (χ3n) is 4.39. The average molecular weight is 500 g/mol. The summed E-state index contributed by atoms with van der Waals surface area (Å²) in [6, 6.07) is 7.41. The van der Waals surface area contributed by atoms with Crippen molar-refractivity contribution >= 4 is 29.6 Å². The van der Waals surface area contributed by atoms with Crippen LogP contribution in [0.3, 0.4) is 0 Å². The van der Waals surface area contributed by atoms with Crippen molar-refractivity contribution in [3.63, 3.8) is 0 Å². The highest BCUT2D eigenvalue weighted by molar-refractivity contribution is 8.00. The molecule has 34 heavy (non-hydrogen) atoms. The van der Waals surface area contributed by atoms with Crippen LogP contribution in [-0.2, 0) is 28.5 Å². The van der Waals surface area contributed by atoms with Crippen molar-refractivity contribution in [2.24, 2.45) is 0 Å². The normalized spacial score (nSPS) is 15.0. The fourth-order valence-corrected chi connectivity index (χ4v) is 4.01. The largest absolute Gasteiger partial charge is 0.465 e. The zero-order valence-corrected chi connectivity index (χ0v) is 21.6. The second-order valence-electron chi connectivity index (χ2n) is 8.62. The minimum Gasteiger partial charge on any atom is -0.465 e. The predicted molar refractivity (Wildman–Crippen MR) is 129 cm³/mol. The van der Waals surface area contributed by atoms with E-state index in [4.69, 9.17) is 18.9 Å². The number of carbonyl (C=O) groups excluding carboxylic acids is 3. The van der Waals surface area contributed by atoms with E-state index in [1.165, 1.54) is 7.11 Å². The Labute approximate surface area is 205 Å². The second-order valence-corrected chi connectivity index (χ2v) is 9.79. The van der Waals surface area contributed by atoms with Gasteiger partial charge in [-0.25, -0.2) is 4.79 Å². The Balaban J connectivity index is 2.99. The topological polar surface area (TPSA) is 120 Å². The molecule has 1 amide bonds. The van der Waals surface area contributed by atoms with Gasteiger partial charge in [0.15, 0.2) is 0 Å². The van der Waals surface area contributed by atoms with Gasteiger partial charge in [-0.1, -0.05) is 18.2 Å². The molecule has 0 aromatic heterocycles. The summed E-state index contributed by atoms with van der Waals surface area (Å²) in [5.74, 6) is -1.72. The first-order valence-electron chi connectivity index (χ1n) is 11.1. The van der Waals surface area contributed by atoms with E-state index in [2.05, 4.69) is 5.32 Å². The van der Waals surface area contributed by atoms with Gasteiger partial charge in [0.1, 0.15) is 23.7 Å². The summed E-state index contributed by atoms with van der Waals surface area (Å²) >= 11 is 1.02. The summed E-state index contributed by atoms with van der Waals surface area (Å²) in [5.41, 5.74) is -0.391. The molecule has 0 saturated carbocycles. The van der Waals surface area contributed by atoms with E-state index in [9.17, 15) is 19.5 Å². The molecule has 1 unspecified atom stereocenters. The van der Waals surface area contributed by atoms with Crippen LogP contribution in [0.4, 0.5) is 0 Å². The molecule has 1 aromatic carbocycles. The number of benzene rings is 1. The first-order valence-corrected chi connectivity index (χ1v) is 12.2. The molecule has 0 bridgehead atoms. The van der Waals surface area contributed by atoms with Gasteiger partial charge in [-0.05, 0) is 46.8 Å². The lowest BCUT2D eigenvalue weighted by molar-refractivity contribution is -0.156. The maximum absolute atomic E-state index is 12.8. The van der Waals surface area contributed by atoms with Gasteiger partial charge >= 0.3 is 11.9 Å². The summed E-state index contributed by atoms with van der Waals surface area (Å²) in [6.07, 6.45) is -1.35. The van der Waals surface area contributed by atoms with Crippen LogP contribution in [0.2, 0.25) is 0 Å². The van der Waals surface area contributed by atoms with Gasteiger partial charge < -0.3 is 29.4 Å². The van der Waals surface area contributed by atoms with Gasteiger partial charge in [0.2, 0.25) is 0 Å². The number of carbonyl (C=O) groups is 3. The van der Waals surface area contributed by atoms with Crippen molar-refractivity contribution in [1.29, 1.82) is 0 Å². The van der Waals surface area contributed by atoms with Crippen LogP contribution in [-0.4, -0.2) is 78.3 Å². The fraction of sp³-hybridized carbons (Fsp3) is 0.625. The maximum atomic E-state index is 12.8. The number of aliphatic hydroxyl groups excluding tert-OH is 1. The third kappa shape index (κ3) is 11.3. The highest BCUT2D eigenvalue weighted by atomic mass is 32.2. The smallest absolute Gasteiger partial charge is 0.330 e. The molecule has 192 valence electrons. The Kier molecular flexibility index (Phi) is 13.2. The number of esters is 2. The summed E-state index contributed by atoms with van der Waals surface area (Å²) in [7, 11) is 1.49. The Bertz CT molecular complexity index is 768. The van der Waals surface area contributed by atoms with Crippen LogP contribution in [0, 0.1) is 0 Å². The molecule has 0 spiro atoms. The van der Waals surface area contributed by atoms with E-state index in [1.54, 1.807) is 65.0 Å². The number of methoxy groups -OCH3 is 1. The van der Waals surface area contributed by atoms with Crippen molar-refractivity contribution in [3.8, 4) is 0 Å². The van der Waals surface area contributed by atoms with Crippen molar-refractivity contribution in [3.05, 3.63) is 35.9 Å². The van der Waals surface area contributed by atoms with Gasteiger partial charge in [-0.3, -0.25) is 9.59 Å². The lowest BCUT2D eigenvalue weighted by Crippen LogP contribution is -2.47. The summed E-state index contributed by atoms with van der Waals surface area (Å²) < 4.78 is 20.9. The van der Waals surface area contributed by atoms with Gasteiger partial charge in [-0.15, -0.1) is 11.8 Å². The highest BCUT2D eigenvalue weighted by Gasteiger charge is 2.34. The van der Waals surface area contributed by atoms with Gasteiger partial charge in [0.25, 0.3) is 5.91 Å². The van der Waals surface area contributed by atoms with Gasteiger partial charge in [-0.2, -0.15) is 0 Å².